The van der Waals surface area contributed by atoms with E-state index in [0.29, 0.717) is 18.9 Å². The van der Waals surface area contributed by atoms with Gasteiger partial charge in [-0.3, -0.25) is 9.78 Å². The molecule has 1 amide bonds. The number of pyridine rings is 1. The highest BCUT2D eigenvalue weighted by molar-refractivity contribution is 5.76. The van der Waals surface area contributed by atoms with Gasteiger partial charge >= 0.3 is 0 Å². The predicted octanol–water partition coefficient (Wildman–Crippen LogP) is 0.882. The second-order valence-electron chi connectivity index (χ2n) is 4.43. The molecule has 0 spiro atoms. The highest BCUT2D eigenvalue weighted by Crippen LogP contribution is 2.03. The number of hydrogen-bond donors (Lipinski definition) is 2. The minimum atomic E-state index is 0.129. The molecule has 0 radical (unpaired) electrons. The summed E-state index contributed by atoms with van der Waals surface area (Å²) in [6.07, 6.45) is 5.23. The molecule has 2 heterocycles. The van der Waals surface area contributed by atoms with E-state index < -0.39 is 0 Å². The molecule has 92 valence electrons. The van der Waals surface area contributed by atoms with Crippen molar-refractivity contribution in [2.45, 2.75) is 31.7 Å². The molecule has 1 aromatic rings. The maximum absolute atomic E-state index is 11.7. The lowest BCUT2D eigenvalue weighted by molar-refractivity contribution is -0.121. The first-order valence-electron chi connectivity index (χ1n) is 6.24. The SMILES string of the molecule is O=C(CCc1ccccn1)N[C@H]1CCCNC1. The number of aryl methyl sites for hydroxylation is 1. The van der Waals surface area contributed by atoms with Crippen LogP contribution in [0.25, 0.3) is 0 Å². The Balaban J connectivity index is 1.70. The minimum absolute atomic E-state index is 0.129. The third-order valence-electron chi connectivity index (χ3n) is 3.00. The van der Waals surface area contributed by atoms with E-state index in [-0.39, 0.29) is 5.91 Å². The summed E-state index contributed by atoms with van der Waals surface area (Å²) in [7, 11) is 0. The number of carbonyl (C=O) groups is 1. The first-order chi connectivity index (χ1) is 8.34. The maximum atomic E-state index is 11.7. The molecule has 0 bridgehead atoms. The average molecular weight is 233 g/mol. The smallest absolute Gasteiger partial charge is 0.220 e. The molecule has 0 aromatic carbocycles. The Kier molecular flexibility index (Phi) is 4.50. The zero-order valence-corrected chi connectivity index (χ0v) is 9.98. The normalized spacial score (nSPS) is 19.9. The van der Waals surface area contributed by atoms with Gasteiger partial charge in [0.1, 0.15) is 0 Å². The largest absolute Gasteiger partial charge is 0.352 e. The molecule has 1 fully saturated rings. The first kappa shape index (κ1) is 12.0. The second kappa shape index (κ2) is 6.35. The van der Waals surface area contributed by atoms with Crippen LogP contribution in [0.3, 0.4) is 0 Å². The highest BCUT2D eigenvalue weighted by Gasteiger charge is 2.14. The lowest BCUT2D eigenvalue weighted by Crippen LogP contribution is -2.45. The minimum Gasteiger partial charge on any atom is -0.352 e. The molecule has 1 aromatic heterocycles. The van der Waals surface area contributed by atoms with Crippen molar-refractivity contribution in [3.63, 3.8) is 0 Å². The molecular formula is C13H19N3O. The number of nitrogens with zero attached hydrogens (tertiary/aromatic N) is 1. The van der Waals surface area contributed by atoms with E-state index in [9.17, 15) is 4.79 Å². The third-order valence-corrected chi connectivity index (χ3v) is 3.00. The van der Waals surface area contributed by atoms with Crippen LogP contribution in [0.4, 0.5) is 0 Å². The number of piperidine rings is 1. The lowest BCUT2D eigenvalue weighted by atomic mass is 10.1. The predicted molar refractivity (Wildman–Crippen MR) is 66.6 cm³/mol. The van der Waals surface area contributed by atoms with Crippen LogP contribution in [-0.2, 0) is 11.2 Å². The molecule has 1 aliphatic rings. The zero-order valence-electron chi connectivity index (χ0n) is 9.98. The molecule has 4 heteroatoms. The summed E-state index contributed by atoms with van der Waals surface area (Å²) >= 11 is 0. The van der Waals surface area contributed by atoms with E-state index in [1.807, 2.05) is 18.2 Å². The molecule has 2 rings (SSSR count). The van der Waals surface area contributed by atoms with Gasteiger partial charge in [0.05, 0.1) is 0 Å². The van der Waals surface area contributed by atoms with Gasteiger partial charge in [-0.2, -0.15) is 0 Å². The van der Waals surface area contributed by atoms with Crippen LogP contribution in [0.2, 0.25) is 0 Å². The Morgan fingerprint density at radius 3 is 3.18 bits per heavy atom. The Bertz CT molecular complexity index is 347. The number of aromatic nitrogens is 1. The Morgan fingerprint density at radius 1 is 1.53 bits per heavy atom. The number of nitrogens with one attached hydrogen (secondary N) is 2. The fourth-order valence-corrected chi connectivity index (χ4v) is 2.06. The van der Waals surface area contributed by atoms with Crippen molar-refractivity contribution < 1.29 is 4.79 Å². The van der Waals surface area contributed by atoms with Crippen LogP contribution in [0.15, 0.2) is 24.4 Å². The number of rotatable bonds is 4. The van der Waals surface area contributed by atoms with Gasteiger partial charge in [-0.25, -0.2) is 0 Å². The highest BCUT2D eigenvalue weighted by atomic mass is 16.1. The molecule has 17 heavy (non-hydrogen) atoms. The molecular weight excluding hydrogens is 214 g/mol. The van der Waals surface area contributed by atoms with E-state index in [2.05, 4.69) is 15.6 Å². The summed E-state index contributed by atoms with van der Waals surface area (Å²) < 4.78 is 0. The molecule has 1 saturated heterocycles. The van der Waals surface area contributed by atoms with Gasteiger partial charge in [0, 0.05) is 30.9 Å². The summed E-state index contributed by atoms with van der Waals surface area (Å²) in [6, 6.07) is 6.10. The van der Waals surface area contributed by atoms with Gasteiger partial charge in [-0.05, 0) is 37.9 Å². The zero-order chi connectivity index (χ0) is 11.9. The average Bonchev–Trinajstić information content (AvgIpc) is 2.39. The molecule has 1 atom stereocenters. The lowest BCUT2D eigenvalue weighted by Gasteiger charge is -2.23. The monoisotopic (exact) mass is 233 g/mol. The number of amides is 1. The van der Waals surface area contributed by atoms with Gasteiger partial charge in [0.25, 0.3) is 0 Å². The van der Waals surface area contributed by atoms with Gasteiger partial charge < -0.3 is 10.6 Å². The van der Waals surface area contributed by atoms with Crippen LogP contribution in [0.5, 0.6) is 0 Å². The first-order valence-corrected chi connectivity index (χ1v) is 6.24. The van der Waals surface area contributed by atoms with E-state index in [1.165, 1.54) is 0 Å². The number of carbonyl (C=O) groups excluding carboxylic acids is 1. The van der Waals surface area contributed by atoms with Gasteiger partial charge in [0.15, 0.2) is 0 Å². The third kappa shape index (κ3) is 4.15. The van der Waals surface area contributed by atoms with E-state index >= 15 is 0 Å². The Morgan fingerprint density at radius 2 is 2.47 bits per heavy atom. The Labute approximate surface area is 102 Å². The van der Waals surface area contributed by atoms with Crippen molar-refractivity contribution in [1.82, 2.24) is 15.6 Å². The van der Waals surface area contributed by atoms with E-state index in [4.69, 9.17) is 0 Å². The quantitative estimate of drug-likeness (QED) is 0.812. The van der Waals surface area contributed by atoms with Crippen molar-refractivity contribution in [2.75, 3.05) is 13.1 Å². The maximum Gasteiger partial charge on any atom is 0.220 e. The van der Waals surface area contributed by atoms with Crippen LogP contribution in [0, 0.1) is 0 Å². The number of hydrogen-bond acceptors (Lipinski definition) is 3. The van der Waals surface area contributed by atoms with E-state index in [1.54, 1.807) is 6.20 Å². The van der Waals surface area contributed by atoms with Crippen molar-refractivity contribution in [3.05, 3.63) is 30.1 Å². The van der Waals surface area contributed by atoms with Crippen LogP contribution >= 0.6 is 0 Å². The summed E-state index contributed by atoms with van der Waals surface area (Å²) in [5.41, 5.74) is 0.976. The molecule has 0 saturated carbocycles. The van der Waals surface area contributed by atoms with Crippen molar-refractivity contribution in [2.24, 2.45) is 0 Å². The molecule has 4 nitrogen and oxygen atoms in total. The fourth-order valence-electron chi connectivity index (χ4n) is 2.06. The van der Waals surface area contributed by atoms with Crippen LogP contribution < -0.4 is 10.6 Å². The Hall–Kier alpha value is -1.42. The standard InChI is InChI=1S/C13H19N3O/c17-13(16-12-5-3-8-14-10-12)7-6-11-4-1-2-9-15-11/h1-2,4,9,12,14H,3,5-8,10H2,(H,16,17)/t12-/m0/s1. The van der Waals surface area contributed by atoms with Crippen molar-refractivity contribution in [3.8, 4) is 0 Å². The van der Waals surface area contributed by atoms with Crippen LogP contribution in [-0.4, -0.2) is 30.0 Å². The molecule has 2 N–H and O–H groups in total. The van der Waals surface area contributed by atoms with Gasteiger partial charge in [-0.1, -0.05) is 6.07 Å². The summed E-state index contributed by atoms with van der Waals surface area (Å²) in [5.74, 6) is 0.129. The van der Waals surface area contributed by atoms with Crippen molar-refractivity contribution in [1.29, 1.82) is 0 Å². The van der Waals surface area contributed by atoms with Gasteiger partial charge in [0.2, 0.25) is 5.91 Å². The van der Waals surface area contributed by atoms with Gasteiger partial charge in [-0.15, -0.1) is 0 Å². The topological polar surface area (TPSA) is 54.0 Å². The fraction of sp³-hybridized carbons (Fsp3) is 0.538. The molecule has 1 aliphatic heterocycles. The second-order valence-corrected chi connectivity index (χ2v) is 4.43. The molecule has 0 unspecified atom stereocenters. The van der Waals surface area contributed by atoms with Crippen molar-refractivity contribution >= 4 is 5.91 Å². The molecule has 0 aliphatic carbocycles. The summed E-state index contributed by atoms with van der Waals surface area (Å²) in [6.45, 7) is 1.97. The summed E-state index contributed by atoms with van der Waals surface area (Å²) in [5, 5.41) is 6.35. The van der Waals surface area contributed by atoms with E-state index in [0.717, 1.165) is 31.6 Å². The van der Waals surface area contributed by atoms with Crippen LogP contribution in [0.1, 0.15) is 25.0 Å². The summed E-state index contributed by atoms with van der Waals surface area (Å²) in [4.78, 5) is 15.9.